The fourth-order valence-electron chi connectivity index (χ4n) is 12.7. The van der Waals surface area contributed by atoms with Crippen molar-refractivity contribution >= 4 is 0 Å². The van der Waals surface area contributed by atoms with Crippen LogP contribution in [-0.4, -0.2) is 392 Å². The predicted octanol–water partition coefficient (Wildman–Crippen LogP) is -7.38. The number of aliphatic hydroxyl groups is 9. The minimum Gasteiger partial charge on any atom is -0.394 e. The molecule has 21 aliphatic rings. The second-order valence-electron chi connectivity index (χ2n) is 22.5. The molecule has 0 spiro atoms. The van der Waals surface area contributed by atoms with Crippen molar-refractivity contribution in [3.8, 4) is 0 Å². The van der Waals surface area contributed by atoms with Crippen LogP contribution in [0.15, 0.2) is 0 Å². The number of hydrogen-bond acceptors (Lipinski definition) is 35. The molecule has 0 aliphatic carbocycles. The molecule has 21 saturated heterocycles. The highest BCUT2D eigenvalue weighted by atomic mass is 16.8. The molecule has 520 valence electrons. The van der Waals surface area contributed by atoms with Crippen molar-refractivity contribution in [2.75, 3.05) is 132 Å². The zero-order chi connectivity index (χ0) is 64.5. The molecule has 0 unspecified atom stereocenters. The SMILES string of the molecule is COC[C@H]1O[C@@H]2O[C@H]3[C@H](O)[C@@H](OC)[C@@H](O[C@H]4[C@H](O)[C@@H](OC)[C@@H](O[C@H]5[C@H](O)[C@@H](OC)[C@@H](O[C@H]6[C@H](O)[C@@H](OC)[C@@H](O[C@H]7[C@H](O)[C@@H](OC)[C@@H](O[C@H]8[C@H](O)[C@@H](O)[C@@H](O[C@H]1[C@H](O)[C@H]2OC)O[C@@H]8CO)O[C@@H]7COC)O[C@@H]6COC)O[C@@H]5COC)O[C@@H]4COC)O[C@@H]3COC. The number of hydrogen-bond donors (Lipinski definition) is 9. The molecule has 0 aromatic rings. The van der Waals surface area contributed by atoms with Crippen LogP contribution in [0.3, 0.4) is 0 Å². The summed E-state index contributed by atoms with van der Waals surface area (Å²) in [4.78, 5) is 0. The van der Waals surface area contributed by atoms with E-state index in [1.807, 2.05) is 0 Å². The van der Waals surface area contributed by atoms with Gasteiger partial charge in [0.1, 0.15) is 171 Å². The first-order valence-corrected chi connectivity index (χ1v) is 29.2. The van der Waals surface area contributed by atoms with E-state index < -0.39 is 222 Å². The van der Waals surface area contributed by atoms with E-state index >= 15 is 0 Å². The third kappa shape index (κ3) is 15.7. The molecule has 35 nitrogen and oxygen atoms in total. The summed E-state index contributed by atoms with van der Waals surface area (Å²) in [5.74, 6) is 0. The van der Waals surface area contributed by atoms with E-state index in [2.05, 4.69) is 0 Å². The fourth-order valence-corrected chi connectivity index (χ4v) is 12.7. The lowest BCUT2D eigenvalue weighted by atomic mass is 9.95. The number of methoxy groups -OCH3 is 12. The topological polar surface area (TPSA) is 422 Å². The summed E-state index contributed by atoms with van der Waals surface area (Å²) in [5, 5.41) is 108. The van der Waals surface area contributed by atoms with E-state index in [4.69, 9.17) is 123 Å². The van der Waals surface area contributed by atoms with E-state index in [0.717, 1.165) is 0 Å². The predicted molar refractivity (Wildman–Crippen MR) is 286 cm³/mol. The van der Waals surface area contributed by atoms with Crippen LogP contribution in [-0.2, 0) is 123 Å². The van der Waals surface area contributed by atoms with Gasteiger partial charge in [-0.2, -0.15) is 0 Å². The molecule has 0 radical (unpaired) electrons. The Kier molecular flexibility index (Phi) is 28.0. The first-order valence-electron chi connectivity index (χ1n) is 29.2. The first-order chi connectivity index (χ1) is 42.9. The van der Waals surface area contributed by atoms with Gasteiger partial charge < -0.3 is 169 Å². The van der Waals surface area contributed by atoms with Crippen LogP contribution in [0.1, 0.15) is 0 Å². The summed E-state index contributed by atoms with van der Waals surface area (Å²) in [5.41, 5.74) is 0. The molecule has 9 N–H and O–H groups in total. The van der Waals surface area contributed by atoms with Gasteiger partial charge in [-0.3, -0.25) is 0 Å². The Morgan fingerprint density at radius 1 is 0.213 bits per heavy atom. The van der Waals surface area contributed by atoms with Crippen LogP contribution in [0, 0.1) is 0 Å². The van der Waals surface area contributed by atoms with Gasteiger partial charge in [0.25, 0.3) is 0 Å². The van der Waals surface area contributed by atoms with Gasteiger partial charge in [-0.25, -0.2) is 0 Å². The largest absolute Gasteiger partial charge is 0.394 e. The lowest BCUT2D eigenvalue weighted by molar-refractivity contribution is -0.400. The highest BCUT2D eigenvalue weighted by molar-refractivity contribution is 5.03. The van der Waals surface area contributed by atoms with Gasteiger partial charge in [0.15, 0.2) is 44.0 Å². The van der Waals surface area contributed by atoms with E-state index in [-0.39, 0.29) is 39.6 Å². The molecule has 0 aromatic heterocycles. The molecule has 0 amide bonds. The van der Waals surface area contributed by atoms with Gasteiger partial charge in [0.05, 0.1) is 46.2 Å². The highest BCUT2D eigenvalue weighted by Crippen LogP contribution is 2.41. The van der Waals surface area contributed by atoms with Crippen molar-refractivity contribution in [1.29, 1.82) is 0 Å². The summed E-state index contributed by atoms with van der Waals surface area (Å²) >= 11 is 0. The Balaban J connectivity index is 1.16. The van der Waals surface area contributed by atoms with Crippen LogP contribution >= 0.6 is 0 Å². The molecular weight excluding hydrogens is 1210 g/mol. The smallest absolute Gasteiger partial charge is 0.187 e. The zero-order valence-corrected chi connectivity index (χ0v) is 51.8. The van der Waals surface area contributed by atoms with Crippen LogP contribution in [0.5, 0.6) is 0 Å². The lowest BCUT2D eigenvalue weighted by Gasteiger charge is -2.51. The van der Waals surface area contributed by atoms with E-state index in [1.165, 1.54) is 85.3 Å². The quantitative estimate of drug-likeness (QED) is 0.0580. The Morgan fingerprint density at radius 2 is 0.382 bits per heavy atom. The molecule has 0 aromatic carbocycles. The number of ether oxygens (including phenoxy) is 26. The summed E-state index contributed by atoms with van der Waals surface area (Å²) in [6.07, 6.45) is -52.4. The maximum absolute atomic E-state index is 12.3. The van der Waals surface area contributed by atoms with Gasteiger partial charge in [0.2, 0.25) is 0 Å². The van der Waals surface area contributed by atoms with Crippen LogP contribution in [0.25, 0.3) is 0 Å². The summed E-state index contributed by atoms with van der Waals surface area (Å²) in [7, 11) is 15.7. The number of rotatable bonds is 19. The summed E-state index contributed by atoms with van der Waals surface area (Å²) < 4.78 is 157. The third-order valence-electron chi connectivity index (χ3n) is 17.2. The van der Waals surface area contributed by atoms with Gasteiger partial charge >= 0.3 is 0 Å². The van der Waals surface area contributed by atoms with Crippen LogP contribution in [0.2, 0.25) is 0 Å². The standard InChI is InChI=1S/C54H94O35/c1-64-14-21-36-29(58)42(70-7)50(77-21)85-38-23(16-66-3)79-52(44(72-9)31(38)60)87-40-25(18-68-5)81-54(46(74-11)33(40)62)89-41-26(19-69-6)82-53(47(75-12)34(41)63)88-39-24(17-67-4)80-51(45(73-10)32(39)61)86-37-22(15-65-2)78-49(43(71-8)30(37)59)84-35-20(13-55)76-48(83-36)28(57)27(35)56/h20-63H,13-19H2,1-12H3/t20-,21-,22-,23-,24-,25-,26-,27-,28-,29+,30+,31+,32+,33+,34+,35-,36-,37-,38-,39-,40-,41-,42-,43-,44-,45-,46-,47-,48-,49-,50-,51-,52-,53-,54-/m1/s1. The molecule has 89 heavy (non-hydrogen) atoms. The molecule has 21 rings (SSSR count). The third-order valence-corrected chi connectivity index (χ3v) is 17.2. The minimum absolute atomic E-state index is 0.238. The van der Waals surface area contributed by atoms with Crippen LogP contribution in [0.4, 0.5) is 0 Å². The lowest BCUT2D eigenvalue weighted by Crippen LogP contribution is -2.69. The molecule has 35 atom stereocenters. The molecule has 0 saturated carbocycles. The molecule has 21 aliphatic heterocycles. The summed E-state index contributed by atoms with van der Waals surface area (Å²) in [6, 6.07) is 0. The Bertz CT molecular complexity index is 2030. The van der Waals surface area contributed by atoms with Gasteiger partial charge in [-0.05, 0) is 0 Å². The molecule has 21 heterocycles. The van der Waals surface area contributed by atoms with E-state index in [1.54, 1.807) is 0 Å². The minimum atomic E-state index is -1.99. The number of aliphatic hydroxyl groups excluding tert-OH is 9. The van der Waals surface area contributed by atoms with Crippen molar-refractivity contribution in [3.05, 3.63) is 0 Å². The Hall–Kier alpha value is -1.40. The van der Waals surface area contributed by atoms with Crippen LogP contribution < -0.4 is 0 Å². The van der Waals surface area contributed by atoms with E-state index in [0.29, 0.717) is 0 Å². The average molecular weight is 1300 g/mol. The molecule has 21 fully saturated rings. The second-order valence-corrected chi connectivity index (χ2v) is 22.5. The molecule has 35 heteroatoms. The van der Waals surface area contributed by atoms with Crippen molar-refractivity contribution in [2.45, 2.75) is 215 Å². The molecule has 14 bridgehead atoms. The maximum Gasteiger partial charge on any atom is 0.187 e. The normalized spacial score (nSPS) is 49.5. The zero-order valence-electron chi connectivity index (χ0n) is 51.8. The van der Waals surface area contributed by atoms with Crippen molar-refractivity contribution < 1.29 is 169 Å². The van der Waals surface area contributed by atoms with Gasteiger partial charge in [-0.1, -0.05) is 0 Å². The Labute approximate surface area is 514 Å². The van der Waals surface area contributed by atoms with Crippen molar-refractivity contribution in [1.82, 2.24) is 0 Å². The first kappa shape index (κ1) is 73.4. The highest BCUT2D eigenvalue weighted by Gasteiger charge is 2.61. The van der Waals surface area contributed by atoms with Gasteiger partial charge in [0, 0.05) is 85.3 Å². The van der Waals surface area contributed by atoms with Crippen molar-refractivity contribution in [3.63, 3.8) is 0 Å². The molecular formula is C54H94O35. The maximum atomic E-state index is 12.3. The van der Waals surface area contributed by atoms with Crippen molar-refractivity contribution in [2.24, 2.45) is 0 Å². The summed E-state index contributed by atoms with van der Waals surface area (Å²) in [6.45, 7) is -2.41. The van der Waals surface area contributed by atoms with E-state index in [9.17, 15) is 46.0 Å². The average Bonchev–Trinajstić information content (AvgIpc) is 1.10. The Morgan fingerprint density at radius 3 is 0.551 bits per heavy atom. The fraction of sp³-hybridized carbons (Fsp3) is 1.00. The second kappa shape index (κ2) is 34.0. The van der Waals surface area contributed by atoms with Gasteiger partial charge in [-0.15, -0.1) is 0 Å². The monoisotopic (exact) mass is 1300 g/mol.